The van der Waals surface area contributed by atoms with E-state index in [2.05, 4.69) is 316 Å². The Balaban J connectivity index is 0.933. The van der Waals surface area contributed by atoms with Crippen molar-refractivity contribution in [3.8, 4) is 83.6 Å². The van der Waals surface area contributed by atoms with E-state index in [9.17, 15) is 9.60 Å². The number of anilines is 6. The molecule has 18 aromatic carbocycles. The minimum atomic E-state index is -0.492. The first-order chi connectivity index (χ1) is 56.2. The van der Waals surface area contributed by atoms with Gasteiger partial charge in [0.2, 0.25) is 0 Å². The molecule has 0 unspecified atom stereocenters. The fraction of sp³-hybridized carbons (Fsp3) is 0.0385. The molecule has 4 heteroatoms. The molecule has 0 N–H and O–H groups in total. The molecule has 3 heterocycles. The van der Waals surface area contributed by atoms with Crippen LogP contribution in [-0.4, -0.2) is 11.3 Å². The van der Waals surface area contributed by atoms with Crippen molar-refractivity contribution in [2.45, 2.75) is 26.2 Å². The summed E-state index contributed by atoms with van der Waals surface area (Å²) in [7, 11) is 0. The topological polar surface area (TPSA) is 11.4 Å². The van der Waals surface area contributed by atoms with Crippen LogP contribution in [0, 0.1) is 0 Å². The number of fused-ring (bicyclic) bond motifs is 13. The third kappa shape index (κ3) is 10.1. The summed E-state index contributed by atoms with van der Waals surface area (Å²) >= 11 is 0. The lowest BCUT2D eigenvalue weighted by atomic mass is 9.33. The van der Waals surface area contributed by atoms with E-state index in [1.165, 1.54) is 10.8 Å². The number of hydrogen-bond acceptors (Lipinski definition) is 2. The molecule has 0 radical (unpaired) electrons. The van der Waals surface area contributed by atoms with Gasteiger partial charge in [0.05, 0.1) is 32.0 Å². The predicted molar refractivity (Wildman–Crippen MR) is 462 cm³/mol. The molecule has 0 bridgehead atoms. The van der Waals surface area contributed by atoms with Crippen molar-refractivity contribution >= 4 is 122 Å². The second-order valence-corrected chi connectivity index (χ2v) is 29.7. The fourth-order valence-electron chi connectivity index (χ4n) is 17.5. The normalized spacial score (nSPS) is 13.4. The van der Waals surface area contributed by atoms with Gasteiger partial charge >= 0.3 is 0 Å². The van der Waals surface area contributed by atoms with Crippen LogP contribution >= 0.6 is 0 Å². The lowest BCUT2D eigenvalue weighted by Gasteiger charge is -2.46. The van der Waals surface area contributed by atoms with Gasteiger partial charge in [0.1, 0.15) is 0 Å². The molecule has 3 nitrogen and oxygen atoms in total. The Morgan fingerprint density at radius 2 is 0.731 bits per heavy atom. The Labute approximate surface area is 639 Å². The van der Waals surface area contributed by atoms with Crippen LogP contribution in [0.4, 0.5) is 34.1 Å². The molecule has 0 saturated heterocycles. The van der Waals surface area contributed by atoms with E-state index in [0.717, 1.165) is 155 Å². The third-order valence-electron chi connectivity index (χ3n) is 22.5. The summed E-state index contributed by atoms with van der Waals surface area (Å²) in [5, 5.41) is 9.39. The summed E-state index contributed by atoms with van der Waals surface area (Å²) in [5.41, 5.74) is 23.0. The SMILES string of the molecule is [2H]c1c([2H])c([2H])c2c(c1[2H])c1c([2H])c([2H])c(-c3cccc(-c4ccccc4)c3)c([2H])c1n2-c1ccc2c(c1)N(c1c(-c3ccccc3)cccc1-c1ccccc1)c1cc(C(C)(C)C)cc3c1B2c1cc(-c2ccccc2)ccc1N3c1c(-c2cc3ccccc3c3ccccc23)cccc1-c1cc2ccccc2c2ccccc12. The van der Waals surface area contributed by atoms with Crippen molar-refractivity contribution in [3.63, 3.8) is 0 Å². The van der Waals surface area contributed by atoms with Crippen molar-refractivity contribution < 1.29 is 9.60 Å². The van der Waals surface area contributed by atoms with E-state index < -0.39 is 24.2 Å². The molecule has 0 aliphatic carbocycles. The monoisotopic (exact) mass is 1380 g/mol. The van der Waals surface area contributed by atoms with Crippen LogP contribution in [0.1, 0.15) is 35.9 Å². The van der Waals surface area contributed by atoms with Gasteiger partial charge in [-0.05, 0) is 187 Å². The van der Waals surface area contributed by atoms with Crippen LogP contribution in [-0.2, 0) is 5.41 Å². The Morgan fingerprint density at radius 1 is 0.278 bits per heavy atom. The molecule has 19 aromatic rings. The highest BCUT2D eigenvalue weighted by Gasteiger charge is 2.46. The van der Waals surface area contributed by atoms with Crippen LogP contribution in [0.25, 0.3) is 148 Å². The summed E-state index contributed by atoms with van der Waals surface area (Å²) in [4.78, 5) is 5.11. The number of rotatable bonds is 10. The smallest absolute Gasteiger partial charge is 0.252 e. The van der Waals surface area contributed by atoms with Gasteiger partial charge in [-0.3, -0.25) is 0 Å². The number of benzene rings is 18. The van der Waals surface area contributed by atoms with Crippen molar-refractivity contribution in [2.24, 2.45) is 0 Å². The van der Waals surface area contributed by atoms with Gasteiger partial charge in [-0.25, -0.2) is 0 Å². The van der Waals surface area contributed by atoms with Crippen LogP contribution in [0.15, 0.2) is 382 Å². The van der Waals surface area contributed by atoms with Gasteiger partial charge in [0, 0.05) is 61.5 Å². The highest BCUT2D eigenvalue weighted by atomic mass is 15.2. The number of nitrogens with zero attached hydrogens (tertiary/aromatic N) is 3. The van der Waals surface area contributed by atoms with E-state index in [4.69, 9.17) is 0 Å². The van der Waals surface area contributed by atoms with Crippen LogP contribution < -0.4 is 26.2 Å². The predicted octanol–water partition coefficient (Wildman–Crippen LogP) is 26.4. The number of aromatic nitrogens is 1. The summed E-state index contributed by atoms with van der Waals surface area (Å²) < 4.78 is 71.5. The molecule has 506 valence electrons. The molecule has 2 aliphatic rings. The summed E-state index contributed by atoms with van der Waals surface area (Å²) in [5.74, 6) is 0. The molecule has 1 aromatic heterocycles. The molecule has 0 saturated carbocycles. The molecule has 0 spiro atoms. The summed E-state index contributed by atoms with van der Waals surface area (Å²) in [6, 6.07) is 119. The first-order valence-electron chi connectivity index (χ1n) is 40.7. The first kappa shape index (κ1) is 55.9. The summed E-state index contributed by atoms with van der Waals surface area (Å²) in [6.07, 6.45) is 0. The second kappa shape index (κ2) is 25.1. The molecule has 21 rings (SSSR count). The summed E-state index contributed by atoms with van der Waals surface area (Å²) in [6.45, 7) is 6.42. The zero-order valence-corrected chi connectivity index (χ0v) is 59.8. The molecular formula is C104H72BN3. The lowest BCUT2D eigenvalue weighted by molar-refractivity contribution is 0.590. The van der Waals surface area contributed by atoms with Crippen molar-refractivity contribution in [1.82, 2.24) is 4.57 Å². The average molecular weight is 1380 g/mol. The van der Waals surface area contributed by atoms with Gasteiger partial charge in [0.25, 0.3) is 6.71 Å². The van der Waals surface area contributed by atoms with Gasteiger partial charge in [0.15, 0.2) is 0 Å². The van der Waals surface area contributed by atoms with Gasteiger partial charge in [-0.15, -0.1) is 0 Å². The van der Waals surface area contributed by atoms with Crippen molar-refractivity contribution in [2.75, 3.05) is 9.80 Å². The van der Waals surface area contributed by atoms with E-state index in [-0.39, 0.29) is 57.6 Å². The van der Waals surface area contributed by atoms with E-state index in [1.807, 2.05) is 54.6 Å². The average Bonchev–Trinajstić information content (AvgIpc) is 1.60. The quantitative estimate of drug-likeness (QED) is 0.0999. The third-order valence-corrected chi connectivity index (χ3v) is 22.5. The van der Waals surface area contributed by atoms with Crippen molar-refractivity contribution in [1.29, 1.82) is 0 Å². The van der Waals surface area contributed by atoms with E-state index in [0.29, 0.717) is 11.3 Å². The Kier molecular flexibility index (Phi) is 13.0. The molecule has 0 atom stereocenters. The highest BCUT2D eigenvalue weighted by Crippen LogP contribution is 2.56. The maximum Gasteiger partial charge on any atom is 0.252 e. The van der Waals surface area contributed by atoms with Crippen LogP contribution in [0.3, 0.4) is 0 Å². The van der Waals surface area contributed by atoms with E-state index >= 15 is 0 Å². The molecule has 2 aliphatic heterocycles. The Hall–Kier alpha value is -13.5. The minimum absolute atomic E-state index is 0.0699. The lowest BCUT2D eigenvalue weighted by Crippen LogP contribution is -2.61. The highest BCUT2D eigenvalue weighted by molar-refractivity contribution is 7.00. The van der Waals surface area contributed by atoms with Gasteiger partial charge in [-0.1, -0.05) is 342 Å². The molecule has 0 fully saturated rings. The standard InChI is InChI=1S/C104H72BN3/c1-104(2,3)77-64-99-101-100(65-77)108(102-81(69-33-12-6-13-34-69)48-27-49-82(102)70-35-14-7-15-36-70)98-66-78(106-95-52-25-24-47-87(95)88-56-53-74(63-97(88)106)72-40-26-39-71(59-72)67-29-8-4-9-30-67)55-57-93(98)105(101)94-62-73(68-31-10-5-11-32-68)54-58-96(94)107(99)103-89(91-60-75-37-16-18-41-79(75)83-43-20-22-45-85(83)91)50-28-51-90(103)92-61-76-38-17-19-42-80(76)84-44-21-23-46-86(84)92/h4-66H,1-3H3/i24D,25D,47D,52D,53D,56D,63D. The van der Waals surface area contributed by atoms with Gasteiger partial charge < -0.3 is 14.4 Å². The number of hydrogen-bond donors (Lipinski definition) is 0. The fourth-order valence-corrected chi connectivity index (χ4v) is 17.5. The first-order valence-corrected chi connectivity index (χ1v) is 37.2. The minimum Gasteiger partial charge on any atom is -0.310 e. The van der Waals surface area contributed by atoms with Gasteiger partial charge in [-0.2, -0.15) is 0 Å². The molecule has 108 heavy (non-hydrogen) atoms. The van der Waals surface area contributed by atoms with Crippen LogP contribution in [0.2, 0.25) is 0 Å². The van der Waals surface area contributed by atoms with Crippen molar-refractivity contribution in [3.05, 3.63) is 388 Å². The van der Waals surface area contributed by atoms with E-state index in [1.54, 1.807) is 4.57 Å². The maximum absolute atomic E-state index is 10.7. The molecule has 0 amide bonds. The van der Waals surface area contributed by atoms with Crippen LogP contribution in [0.5, 0.6) is 0 Å². The largest absolute Gasteiger partial charge is 0.310 e. The maximum atomic E-state index is 10.7. The zero-order valence-electron chi connectivity index (χ0n) is 66.8. The Morgan fingerprint density at radius 3 is 1.31 bits per heavy atom. The molecular weight excluding hydrogens is 1300 g/mol. The zero-order chi connectivity index (χ0) is 77.8. The second-order valence-electron chi connectivity index (χ2n) is 29.7. The Bertz CT molecular complexity index is 7110. The number of para-hydroxylation sites is 3.